The van der Waals surface area contributed by atoms with Gasteiger partial charge in [0.05, 0.1) is 6.20 Å². The number of aromatic nitrogens is 3. The first-order valence-electron chi connectivity index (χ1n) is 5.33. The van der Waals surface area contributed by atoms with Gasteiger partial charge >= 0.3 is 0 Å². The van der Waals surface area contributed by atoms with Gasteiger partial charge in [0.15, 0.2) is 5.82 Å². The molecule has 0 aliphatic carbocycles. The molecule has 2 aromatic heterocycles. The zero-order chi connectivity index (χ0) is 13.7. The molecule has 2 aromatic rings. The highest BCUT2D eigenvalue weighted by molar-refractivity contribution is 9.10. The van der Waals surface area contributed by atoms with Crippen LogP contribution in [0.5, 0.6) is 11.6 Å². The van der Waals surface area contributed by atoms with Crippen molar-refractivity contribution in [3.05, 3.63) is 34.8 Å². The molecule has 0 aliphatic heterocycles. The van der Waals surface area contributed by atoms with E-state index in [0.29, 0.717) is 23.3 Å². The van der Waals surface area contributed by atoms with Crippen LogP contribution < -0.4 is 16.0 Å². The van der Waals surface area contributed by atoms with Gasteiger partial charge in [0.25, 0.3) is 0 Å². The Labute approximate surface area is 118 Å². The molecule has 0 atom stereocenters. The number of rotatable bonds is 5. The maximum atomic E-state index is 5.59. The van der Waals surface area contributed by atoms with Crippen LogP contribution in [0.4, 0.5) is 5.82 Å². The van der Waals surface area contributed by atoms with Crippen molar-refractivity contribution < 1.29 is 9.47 Å². The summed E-state index contributed by atoms with van der Waals surface area (Å²) in [6.07, 6.45) is 3.24. The lowest BCUT2D eigenvalue weighted by atomic mass is 10.4. The van der Waals surface area contributed by atoms with Gasteiger partial charge in [0.2, 0.25) is 5.88 Å². The molecule has 7 nitrogen and oxygen atoms in total. The highest BCUT2D eigenvalue weighted by Crippen LogP contribution is 2.23. The van der Waals surface area contributed by atoms with E-state index in [-0.39, 0.29) is 6.61 Å². The maximum absolute atomic E-state index is 5.59. The largest absolute Gasteiger partial charge is 0.437 e. The van der Waals surface area contributed by atoms with Crippen molar-refractivity contribution in [2.24, 2.45) is 5.84 Å². The van der Waals surface area contributed by atoms with Crippen LogP contribution in [0.3, 0.4) is 0 Å². The first-order valence-corrected chi connectivity index (χ1v) is 6.12. The first kappa shape index (κ1) is 13.7. The predicted molar refractivity (Wildman–Crippen MR) is 72.6 cm³/mol. The van der Waals surface area contributed by atoms with Gasteiger partial charge in [-0.25, -0.2) is 10.8 Å². The van der Waals surface area contributed by atoms with Gasteiger partial charge in [-0.1, -0.05) is 0 Å². The van der Waals surface area contributed by atoms with Crippen LogP contribution in [0, 0.1) is 0 Å². The Balaban J connectivity index is 2.26. The molecule has 0 amide bonds. The number of halogens is 1. The van der Waals surface area contributed by atoms with E-state index in [1.807, 2.05) is 0 Å². The third kappa shape index (κ3) is 3.85. The number of nitrogen functional groups attached to an aromatic ring is 1. The summed E-state index contributed by atoms with van der Waals surface area (Å²) in [5.74, 6) is 7.17. The molecule has 0 spiro atoms. The molecular weight excluding hydrogens is 314 g/mol. The van der Waals surface area contributed by atoms with E-state index in [0.717, 1.165) is 4.47 Å². The molecule has 19 heavy (non-hydrogen) atoms. The molecule has 0 radical (unpaired) electrons. The fourth-order valence-corrected chi connectivity index (χ4v) is 1.71. The second-order valence-electron chi connectivity index (χ2n) is 3.53. The van der Waals surface area contributed by atoms with Gasteiger partial charge < -0.3 is 14.9 Å². The highest BCUT2D eigenvalue weighted by atomic mass is 79.9. The summed E-state index contributed by atoms with van der Waals surface area (Å²) in [5.41, 5.74) is 2.45. The molecule has 0 unspecified atom stereocenters. The molecular formula is C11H12BrN5O2. The zero-order valence-electron chi connectivity index (χ0n) is 10.1. The van der Waals surface area contributed by atoms with E-state index >= 15 is 0 Å². The van der Waals surface area contributed by atoms with E-state index in [1.165, 1.54) is 0 Å². The van der Waals surface area contributed by atoms with Crippen LogP contribution in [-0.2, 0) is 11.3 Å². The Morgan fingerprint density at radius 1 is 1.32 bits per heavy atom. The summed E-state index contributed by atoms with van der Waals surface area (Å²) in [5, 5.41) is 0. The molecule has 0 saturated carbocycles. The smallest absolute Gasteiger partial charge is 0.224 e. The molecule has 8 heteroatoms. The molecule has 2 rings (SSSR count). The number of nitrogens with two attached hydrogens (primary N) is 1. The van der Waals surface area contributed by atoms with E-state index < -0.39 is 0 Å². The highest BCUT2D eigenvalue weighted by Gasteiger charge is 2.06. The number of nitrogens with one attached hydrogen (secondary N) is 1. The summed E-state index contributed by atoms with van der Waals surface area (Å²) < 4.78 is 11.4. The summed E-state index contributed by atoms with van der Waals surface area (Å²) >= 11 is 3.32. The lowest BCUT2D eigenvalue weighted by Crippen LogP contribution is -2.11. The molecule has 0 aromatic carbocycles. The van der Waals surface area contributed by atoms with Crippen LogP contribution in [0.1, 0.15) is 5.82 Å². The van der Waals surface area contributed by atoms with Gasteiger partial charge in [-0.15, -0.1) is 0 Å². The first-order chi connectivity index (χ1) is 9.21. The number of hydrazine groups is 1. The summed E-state index contributed by atoms with van der Waals surface area (Å²) in [6, 6.07) is 3.36. The van der Waals surface area contributed by atoms with E-state index in [2.05, 4.69) is 36.3 Å². The van der Waals surface area contributed by atoms with Crippen molar-refractivity contribution in [3.63, 3.8) is 0 Å². The third-order valence-corrected chi connectivity index (χ3v) is 2.51. The average molecular weight is 326 g/mol. The molecule has 0 saturated heterocycles. The average Bonchev–Trinajstić information content (AvgIpc) is 2.39. The molecule has 3 N–H and O–H groups in total. The fraction of sp³-hybridized carbons (Fsp3) is 0.182. The van der Waals surface area contributed by atoms with Gasteiger partial charge in [0, 0.05) is 23.8 Å². The van der Waals surface area contributed by atoms with Crippen molar-refractivity contribution in [1.29, 1.82) is 0 Å². The number of hydrogen-bond donors (Lipinski definition) is 2. The number of hydrogen-bond acceptors (Lipinski definition) is 7. The SMILES string of the molecule is COCc1nc(NN)cc(Oc2cncc(Br)c2)n1. The van der Waals surface area contributed by atoms with Crippen LogP contribution in [0.2, 0.25) is 0 Å². The Bertz CT molecular complexity index is 567. The van der Waals surface area contributed by atoms with Crippen molar-refractivity contribution in [2.45, 2.75) is 6.61 Å². The third-order valence-electron chi connectivity index (χ3n) is 2.07. The van der Waals surface area contributed by atoms with E-state index in [9.17, 15) is 0 Å². The Morgan fingerprint density at radius 3 is 2.84 bits per heavy atom. The normalized spacial score (nSPS) is 10.3. The fourth-order valence-electron chi connectivity index (χ4n) is 1.36. The zero-order valence-corrected chi connectivity index (χ0v) is 11.7. The van der Waals surface area contributed by atoms with Crippen LogP contribution in [-0.4, -0.2) is 22.1 Å². The van der Waals surface area contributed by atoms with E-state index in [1.54, 1.807) is 31.6 Å². The molecule has 0 fully saturated rings. The quantitative estimate of drug-likeness (QED) is 0.639. The Kier molecular flexibility index (Phi) is 4.61. The predicted octanol–water partition coefficient (Wildman–Crippen LogP) is 1.86. The van der Waals surface area contributed by atoms with Crippen LogP contribution >= 0.6 is 15.9 Å². The topological polar surface area (TPSA) is 95.2 Å². The summed E-state index contributed by atoms with van der Waals surface area (Å²) in [7, 11) is 1.56. The number of ether oxygens (including phenoxy) is 2. The summed E-state index contributed by atoms with van der Waals surface area (Å²) in [6.45, 7) is 0.266. The second-order valence-corrected chi connectivity index (χ2v) is 4.44. The molecule has 2 heterocycles. The molecule has 0 aliphatic rings. The number of nitrogens with zero attached hydrogens (tertiary/aromatic N) is 3. The van der Waals surface area contributed by atoms with Gasteiger partial charge in [-0.05, 0) is 22.0 Å². The number of pyridine rings is 1. The monoisotopic (exact) mass is 325 g/mol. The van der Waals surface area contributed by atoms with Gasteiger partial charge in [-0.3, -0.25) is 4.98 Å². The molecule has 0 bridgehead atoms. The standard InChI is InChI=1S/C11H12BrN5O2/c1-18-6-10-15-9(17-13)3-11(16-10)19-8-2-7(12)4-14-5-8/h2-5H,6,13H2,1H3,(H,15,16,17). The van der Waals surface area contributed by atoms with Gasteiger partial charge in [0.1, 0.15) is 18.2 Å². The number of anilines is 1. The Hall–Kier alpha value is -1.77. The lowest BCUT2D eigenvalue weighted by molar-refractivity contribution is 0.177. The Morgan fingerprint density at radius 2 is 2.16 bits per heavy atom. The molecule has 100 valence electrons. The van der Waals surface area contributed by atoms with Crippen molar-refractivity contribution in [1.82, 2.24) is 15.0 Å². The van der Waals surface area contributed by atoms with Crippen molar-refractivity contribution in [2.75, 3.05) is 12.5 Å². The van der Waals surface area contributed by atoms with Crippen molar-refractivity contribution in [3.8, 4) is 11.6 Å². The minimum absolute atomic E-state index is 0.266. The summed E-state index contributed by atoms with van der Waals surface area (Å²) in [4.78, 5) is 12.3. The van der Waals surface area contributed by atoms with Gasteiger partial charge in [-0.2, -0.15) is 4.98 Å². The minimum atomic E-state index is 0.266. The van der Waals surface area contributed by atoms with Crippen LogP contribution in [0.15, 0.2) is 29.0 Å². The van der Waals surface area contributed by atoms with Crippen LogP contribution in [0.25, 0.3) is 0 Å². The lowest BCUT2D eigenvalue weighted by Gasteiger charge is -2.08. The minimum Gasteiger partial charge on any atom is -0.437 e. The van der Waals surface area contributed by atoms with E-state index in [4.69, 9.17) is 15.3 Å². The maximum Gasteiger partial charge on any atom is 0.224 e. The second kappa shape index (κ2) is 6.41. The van der Waals surface area contributed by atoms with Crippen molar-refractivity contribution >= 4 is 21.7 Å². The number of methoxy groups -OCH3 is 1.